The zero-order valence-corrected chi connectivity index (χ0v) is 35.0. The molecule has 0 amide bonds. The Balaban J connectivity index is 0.000000224. The average molecular weight is 1100 g/mol. The molecule has 2 aromatic heterocycles. The number of hydrogen-bond acceptors (Lipinski definition) is 7. The lowest BCUT2D eigenvalue weighted by Crippen LogP contribution is -2.25. The van der Waals surface area contributed by atoms with Gasteiger partial charge in [0.05, 0.1) is 40.0 Å². The summed E-state index contributed by atoms with van der Waals surface area (Å²) in [6, 6.07) is 14.1. The van der Waals surface area contributed by atoms with E-state index in [1.165, 1.54) is 60.7 Å². The molecule has 0 radical (unpaired) electrons. The van der Waals surface area contributed by atoms with E-state index < -0.39 is 61.1 Å². The van der Waals surface area contributed by atoms with Gasteiger partial charge >= 0.3 is 36.6 Å². The normalized spacial score (nSPS) is 12.5. The Hall–Kier alpha value is -4.55. The molecule has 4 aromatic carbocycles. The Morgan fingerprint density at radius 1 is 0.644 bits per heavy atom. The monoisotopic (exact) mass is 1100 g/mol. The number of rotatable bonds is 14. The number of halogens is 13. The Kier molecular flexibility index (Phi) is 14.2. The molecule has 1 unspecified atom stereocenters. The first-order valence-electron chi connectivity index (χ1n) is 15.9. The second-order valence-electron chi connectivity index (χ2n) is 11.9. The van der Waals surface area contributed by atoms with E-state index in [1.54, 1.807) is 0 Å². The van der Waals surface area contributed by atoms with E-state index in [2.05, 4.69) is 83.7 Å². The molecule has 0 saturated carbocycles. The number of nitrogens with one attached hydrogen (secondary N) is 2. The molecule has 59 heavy (non-hydrogen) atoms. The molecular weight excluding hydrogens is 1080 g/mol. The number of ether oxygens (including phenoxy) is 3. The molecule has 314 valence electrons. The highest BCUT2D eigenvalue weighted by atomic mass is 79.9. The highest BCUT2D eigenvalue weighted by Crippen LogP contribution is 2.42. The van der Waals surface area contributed by atoms with Gasteiger partial charge in [0.25, 0.3) is 0 Å². The van der Waals surface area contributed by atoms with Gasteiger partial charge in [-0.25, -0.2) is 41.5 Å². The van der Waals surface area contributed by atoms with E-state index >= 15 is 0 Å². The summed E-state index contributed by atoms with van der Waals surface area (Å²) in [5, 5.41) is 17.3. The van der Waals surface area contributed by atoms with Crippen LogP contribution < -0.4 is 14.2 Å². The molecule has 0 bridgehead atoms. The van der Waals surface area contributed by atoms with E-state index in [0.717, 1.165) is 0 Å². The van der Waals surface area contributed by atoms with Gasteiger partial charge in [0, 0.05) is 18.6 Å². The van der Waals surface area contributed by atoms with Crippen molar-refractivity contribution in [1.82, 2.24) is 19.9 Å². The summed E-state index contributed by atoms with van der Waals surface area (Å²) < 4.78 is 136. The van der Waals surface area contributed by atoms with Crippen LogP contribution in [0.3, 0.4) is 0 Å². The molecule has 24 heteroatoms. The second kappa shape index (κ2) is 18.4. The molecule has 2 heterocycles. The van der Waals surface area contributed by atoms with Gasteiger partial charge in [-0.1, -0.05) is 0 Å². The van der Waals surface area contributed by atoms with Crippen molar-refractivity contribution in [3.63, 3.8) is 0 Å². The Bertz CT molecular complexity index is 2480. The van der Waals surface area contributed by atoms with Crippen molar-refractivity contribution >= 4 is 97.7 Å². The van der Waals surface area contributed by atoms with Crippen LogP contribution in [0, 0.1) is 0 Å². The van der Waals surface area contributed by atoms with Crippen LogP contribution >= 0.6 is 63.7 Å². The quantitative estimate of drug-likeness (QED) is 0.0779. The Morgan fingerprint density at radius 2 is 1.05 bits per heavy atom. The average Bonchev–Trinajstić information content (AvgIpc) is 3.79. The van der Waals surface area contributed by atoms with Gasteiger partial charge in [-0.15, -0.1) is 0 Å². The summed E-state index contributed by atoms with van der Waals surface area (Å²) in [5.74, 6) is -12.6. The third-order valence-corrected chi connectivity index (χ3v) is 9.96. The van der Waals surface area contributed by atoms with Crippen LogP contribution in [0.15, 0.2) is 78.6 Å². The van der Waals surface area contributed by atoms with Crippen LogP contribution in [0.5, 0.6) is 28.7 Å². The SMILES string of the molecule is O=C(O)C(F)Cc1cc(Br)c(Oc2ccc3nc(C(F)(F)C(F)F)[nH]c3c2)c(Br)c1.O=C(O)COc1cc(Br)c(Oc2ccc3nc(C(F)(F)C(F)F)[nH]c3c2)c(Br)c1. The highest BCUT2D eigenvalue weighted by Gasteiger charge is 2.46. The molecule has 6 aromatic rings. The number of alkyl halides is 9. The number of nitrogens with zero attached hydrogens (tertiary/aromatic N) is 2. The van der Waals surface area contributed by atoms with E-state index in [4.69, 9.17) is 24.4 Å². The van der Waals surface area contributed by atoms with Crippen LogP contribution in [-0.4, -0.2) is 67.7 Å². The molecule has 0 saturated heterocycles. The van der Waals surface area contributed by atoms with Gasteiger partial charge in [-0.2, -0.15) is 17.6 Å². The van der Waals surface area contributed by atoms with E-state index in [9.17, 15) is 49.1 Å². The first kappa shape index (κ1) is 45.5. The number of hydrogen-bond donors (Lipinski definition) is 4. The molecule has 0 aliphatic heterocycles. The molecule has 11 nitrogen and oxygen atoms in total. The van der Waals surface area contributed by atoms with Crippen LogP contribution in [0.25, 0.3) is 22.1 Å². The minimum absolute atomic E-state index is 0.0498. The first-order chi connectivity index (χ1) is 27.6. The predicted molar refractivity (Wildman–Crippen MR) is 205 cm³/mol. The standard InChI is InChI=1S/C18H11Br2F5N2O3.C17H10Br2F4N2O4/c19-9-3-7(5-11(21)15(28)29)4-10(20)14(9)30-8-1-2-12-13(6-8)27-17(26-12)18(24,25)16(22)23;18-9-3-8(28-6-13(26)27)4-10(19)14(9)29-7-1-2-11-12(5-7)25-16(24-11)17(22,23)15(20)21/h1-4,6,11,16H,5H2,(H,26,27)(H,28,29);1-5,15H,6H2,(H,24,25)(H,26,27). The van der Waals surface area contributed by atoms with Crippen molar-refractivity contribution in [3.8, 4) is 28.7 Å². The smallest absolute Gasteiger partial charge is 0.363 e. The number of aliphatic carboxylic acids is 2. The van der Waals surface area contributed by atoms with Crippen LogP contribution in [0.4, 0.5) is 39.5 Å². The van der Waals surface area contributed by atoms with Crippen LogP contribution in [0.2, 0.25) is 0 Å². The number of carboxylic acid groups (broad SMARTS) is 2. The van der Waals surface area contributed by atoms with Crippen molar-refractivity contribution in [3.05, 3.63) is 95.8 Å². The molecule has 0 aliphatic carbocycles. The fourth-order valence-electron chi connectivity index (χ4n) is 4.85. The predicted octanol–water partition coefficient (Wildman–Crippen LogP) is 11.9. The number of carbonyl (C=O) groups is 2. The molecule has 0 fully saturated rings. The lowest BCUT2D eigenvalue weighted by atomic mass is 10.1. The van der Waals surface area contributed by atoms with Crippen molar-refractivity contribution in [1.29, 1.82) is 0 Å². The zero-order chi connectivity index (χ0) is 43.6. The Labute approximate surface area is 357 Å². The van der Waals surface area contributed by atoms with Gasteiger partial charge in [0.15, 0.2) is 29.8 Å². The summed E-state index contributed by atoms with van der Waals surface area (Å²) in [4.78, 5) is 32.6. The fourth-order valence-corrected chi connectivity index (χ4v) is 7.60. The van der Waals surface area contributed by atoms with Crippen molar-refractivity contribution < 1.29 is 73.5 Å². The minimum atomic E-state index is -4.42. The molecule has 1 atom stereocenters. The summed E-state index contributed by atoms with van der Waals surface area (Å²) >= 11 is 13.0. The van der Waals surface area contributed by atoms with Crippen LogP contribution in [0.1, 0.15) is 17.2 Å². The number of aromatic amines is 2. The van der Waals surface area contributed by atoms with E-state index in [0.29, 0.717) is 29.2 Å². The van der Waals surface area contributed by atoms with Crippen LogP contribution in [-0.2, 0) is 27.9 Å². The van der Waals surface area contributed by atoms with Gasteiger partial charge in [0.1, 0.15) is 17.2 Å². The Morgan fingerprint density at radius 3 is 1.42 bits per heavy atom. The number of carboxylic acids is 2. The molecule has 0 spiro atoms. The van der Waals surface area contributed by atoms with E-state index in [1.807, 2.05) is 0 Å². The molecule has 0 aliphatic rings. The van der Waals surface area contributed by atoms with Crippen molar-refractivity contribution in [2.75, 3.05) is 6.61 Å². The third kappa shape index (κ3) is 10.8. The topological polar surface area (TPSA) is 160 Å². The summed E-state index contributed by atoms with van der Waals surface area (Å²) in [5.41, 5.74) is 0.663. The first-order valence-corrected chi connectivity index (χ1v) is 19.1. The third-order valence-electron chi connectivity index (χ3n) is 7.60. The lowest BCUT2D eigenvalue weighted by molar-refractivity contribution is -0.142. The summed E-state index contributed by atoms with van der Waals surface area (Å²) in [6.07, 6.45) is -10.2. The van der Waals surface area contributed by atoms with Gasteiger partial charge in [0.2, 0.25) is 6.17 Å². The fraction of sp³-hybridized carbons (Fsp3) is 0.200. The number of imidazole rings is 2. The van der Waals surface area contributed by atoms with Gasteiger partial charge < -0.3 is 34.4 Å². The second-order valence-corrected chi connectivity index (χ2v) is 15.3. The summed E-state index contributed by atoms with van der Waals surface area (Å²) in [6.45, 7) is -0.527. The largest absolute Gasteiger partial charge is 0.482 e. The zero-order valence-electron chi connectivity index (χ0n) is 28.7. The number of benzene rings is 4. The lowest BCUT2D eigenvalue weighted by Gasteiger charge is -2.12. The maximum Gasteiger partial charge on any atom is 0.363 e. The minimum Gasteiger partial charge on any atom is -0.482 e. The molecule has 4 N–H and O–H groups in total. The number of fused-ring (bicyclic) bond motifs is 2. The molecule has 6 rings (SSSR count). The molecular formula is C35H21Br4F9N4O7. The highest BCUT2D eigenvalue weighted by molar-refractivity contribution is 9.11. The van der Waals surface area contributed by atoms with Gasteiger partial charge in [-0.05, 0) is 118 Å². The maximum absolute atomic E-state index is 13.5. The summed E-state index contributed by atoms with van der Waals surface area (Å²) in [7, 11) is 0. The van der Waals surface area contributed by atoms with Crippen molar-refractivity contribution in [2.45, 2.75) is 37.3 Å². The van der Waals surface area contributed by atoms with Crippen molar-refractivity contribution in [2.24, 2.45) is 0 Å². The maximum atomic E-state index is 13.5. The van der Waals surface area contributed by atoms with Gasteiger partial charge in [-0.3, -0.25) is 0 Å². The number of aromatic nitrogens is 4. The van der Waals surface area contributed by atoms with E-state index in [-0.39, 0.29) is 51.5 Å². The number of H-pyrrole nitrogens is 2.